The highest BCUT2D eigenvalue weighted by atomic mass is 79.9. The van der Waals surface area contributed by atoms with Crippen LogP contribution in [0.25, 0.3) is 0 Å². The number of esters is 1. The van der Waals surface area contributed by atoms with Crippen molar-refractivity contribution in [3.05, 3.63) is 70.2 Å². The van der Waals surface area contributed by atoms with Crippen LogP contribution in [0.4, 0.5) is 0 Å². The van der Waals surface area contributed by atoms with Crippen molar-refractivity contribution >= 4 is 51.3 Å². The Morgan fingerprint density at radius 3 is 2.55 bits per heavy atom. The number of Topliss-reactive ketones (excluding diaryl/α,β-unsaturated/α-hetero) is 1. The summed E-state index contributed by atoms with van der Waals surface area (Å²) in [5.41, 5.74) is 0.416. The van der Waals surface area contributed by atoms with Gasteiger partial charge in [0.05, 0.1) is 11.8 Å². The smallest absolute Gasteiger partial charge is 0.314 e. The Kier molecular flexibility index (Phi) is 6.90. The number of carbonyl (C=O) groups excluding carboxylic acids is 4. The van der Waals surface area contributed by atoms with Gasteiger partial charge in [-0.25, -0.2) is 0 Å². The first-order valence-electron chi connectivity index (χ1n) is 10.5. The number of ether oxygens (including phenoxy) is 1. The lowest BCUT2D eigenvalue weighted by Crippen LogP contribution is -2.73. The first-order valence-corrected chi connectivity index (χ1v) is 12.3. The first kappa shape index (κ1) is 23.5. The Morgan fingerprint density at radius 1 is 1.15 bits per heavy atom. The number of rotatable bonds is 7. The van der Waals surface area contributed by atoms with E-state index in [2.05, 4.69) is 21.2 Å². The summed E-state index contributed by atoms with van der Waals surface area (Å²) in [4.78, 5) is 51.7. The lowest BCUT2D eigenvalue weighted by molar-refractivity contribution is -0.161. The van der Waals surface area contributed by atoms with Crippen LogP contribution in [0.2, 0.25) is 0 Å². The van der Waals surface area contributed by atoms with E-state index in [9.17, 15) is 19.2 Å². The monoisotopic (exact) mass is 530 g/mol. The van der Waals surface area contributed by atoms with Gasteiger partial charge in [-0.1, -0.05) is 58.4 Å². The van der Waals surface area contributed by atoms with Crippen LogP contribution in [-0.2, 0) is 25.5 Å². The van der Waals surface area contributed by atoms with Gasteiger partial charge in [-0.3, -0.25) is 19.2 Å². The lowest BCUT2D eigenvalue weighted by Gasteiger charge is -2.53. The minimum atomic E-state index is -0.921. The molecule has 172 valence electrons. The molecule has 7 nitrogen and oxygen atoms in total. The molecular weight excluding hydrogens is 508 g/mol. The van der Waals surface area contributed by atoms with Crippen molar-refractivity contribution in [2.45, 2.75) is 24.8 Å². The Balaban J connectivity index is 1.29. The third-order valence-corrected chi connectivity index (χ3v) is 7.95. The molecule has 4 rings (SSSR count). The summed E-state index contributed by atoms with van der Waals surface area (Å²) in [7, 11) is 0. The zero-order valence-electron chi connectivity index (χ0n) is 18.0. The van der Waals surface area contributed by atoms with Crippen LogP contribution in [0.3, 0.4) is 0 Å². The van der Waals surface area contributed by atoms with E-state index >= 15 is 0 Å². The van der Waals surface area contributed by atoms with E-state index in [0.717, 1.165) is 10.0 Å². The standard InChI is InChI=1S/C24H23BrN2O5S/c1-24(23(31)32-12-18(28)16-7-9-17(25)10-8-16)13-27-21(30)20(22(27)33-14-24)26-19(29)11-15-5-3-2-4-6-15/h2-10,20,22H,11-14H2,1H3,(H,26,29)/t20?,22-,24?/m1/s1. The average molecular weight is 531 g/mol. The molecule has 2 aromatic rings. The molecule has 0 bridgehead atoms. The Morgan fingerprint density at radius 2 is 1.85 bits per heavy atom. The van der Waals surface area contributed by atoms with Gasteiger partial charge < -0.3 is 15.0 Å². The van der Waals surface area contributed by atoms with Gasteiger partial charge >= 0.3 is 5.97 Å². The lowest BCUT2D eigenvalue weighted by atomic mass is 9.89. The van der Waals surface area contributed by atoms with Crippen molar-refractivity contribution in [1.29, 1.82) is 0 Å². The topological polar surface area (TPSA) is 92.8 Å². The number of fused-ring (bicyclic) bond motifs is 1. The first-order chi connectivity index (χ1) is 15.8. The van der Waals surface area contributed by atoms with E-state index in [1.807, 2.05) is 30.3 Å². The van der Waals surface area contributed by atoms with Gasteiger partial charge in [-0.05, 0) is 24.6 Å². The number of carbonyl (C=O) groups is 4. The Hall–Kier alpha value is -2.65. The van der Waals surface area contributed by atoms with E-state index in [0.29, 0.717) is 11.3 Å². The maximum atomic E-state index is 12.8. The van der Waals surface area contributed by atoms with Crippen molar-refractivity contribution in [3.8, 4) is 0 Å². The van der Waals surface area contributed by atoms with Crippen molar-refractivity contribution in [2.24, 2.45) is 5.41 Å². The van der Waals surface area contributed by atoms with Gasteiger partial charge in [0.2, 0.25) is 11.8 Å². The van der Waals surface area contributed by atoms with Crippen molar-refractivity contribution < 1.29 is 23.9 Å². The molecule has 2 aliphatic heterocycles. The molecule has 0 radical (unpaired) electrons. The molecule has 0 aliphatic carbocycles. The molecule has 2 fully saturated rings. The number of nitrogens with one attached hydrogen (secondary N) is 1. The Labute approximate surface area is 204 Å². The number of hydrogen-bond acceptors (Lipinski definition) is 6. The highest BCUT2D eigenvalue weighted by molar-refractivity contribution is 9.10. The molecule has 0 saturated carbocycles. The summed E-state index contributed by atoms with van der Waals surface area (Å²) in [6.45, 7) is 1.58. The fourth-order valence-corrected chi connectivity index (χ4v) is 5.60. The second-order valence-electron chi connectivity index (χ2n) is 8.44. The Bertz CT molecular complexity index is 1080. The molecule has 0 spiro atoms. The summed E-state index contributed by atoms with van der Waals surface area (Å²) in [6.07, 6.45) is 0.207. The van der Waals surface area contributed by atoms with Gasteiger partial charge in [0.15, 0.2) is 12.4 Å². The van der Waals surface area contributed by atoms with Gasteiger partial charge in [0.25, 0.3) is 0 Å². The number of nitrogens with zero attached hydrogens (tertiary/aromatic N) is 1. The third-order valence-electron chi connectivity index (χ3n) is 5.75. The third kappa shape index (κ3) is 5.14. The van der Waals surface area contributed by atoms with E-state index in [1.165, 1.54) is 11.8 Å². The summed E-state index contributed by atoms with van der Waals surface area (Å²) in [5.74, 6) is -0.791. The van der Waals surface area contributed by atoms with Crippen LogP contribution in [0.15, 0.2) is 59.1 Å². The van der Waals surface area contributed by atoms with Gasteiger partial charge in [-0.2, -0.15) is 0 Å². The quantitative estimate of drug-likeness (QED) is 0.336. The summed E-state index contributed by atoms with van der Waals surface area (Å²) < 4.78 is 6.16. The van der Waals surface area contributed by atoms with Gasteiger partial charge in [0.1, 0.15) is 11.4 Å². The van der Waals surface area contributed by atoms with Crippen molar-refractivity contribution in [1.82, 2.24) is 10.2 Å². The number of β-lactam (4-membered cyclic amide) rings is 1. The predicted molar refractivity (Wildman–Crippen MR) is 128 cm³/mol. The number of amides is 2. The molecule has 2 saturated heterocycles. The SMILES string of the molecule is CC1(C(=O)OCC(=O)c2ccc(Br)cc2)CS[C@@H]2C(NC(=O)Cc3ccccc3)C(=O)N2C1. The molecule has 1 N–H and O–H groups in total. The van der Waals surface area contributed by atoms with Gasteiger partial charge in [-0.15, -0.1) is 11.8 Å². The fraction of sp³-hybridized carbons (Fsp3) is 0.333. The zero-order chi connectivity index (χ0) is 23.6. The van der Waals surface area contributed by atoms with Crippen molar-refractivity contribution in [2.75, 3.05) is 18.9 Å². The second kappa shape index (κ2) is 9.69. The molecule has 33 heavy (non-hydrogen) atoms. The van der Waals surface area contributed by atoms with Crippen LogP contribution < -0.4 is 5.32 Å². The number of benzene rings is 2. The molecule has 2 unspecified atom stereocenters. The highest BCUT2D eigenvalue weighted by Crippen LogP contribution is 2.42. The van der Waals surface area contributed by atoms with Gasteiger partial charge in [0, 0.05) is 22.3 Å². The van der Waals surface area contributed by atoms with Crippen molar-refractivity contribution in [3.63, 3.8) is 0 Å². The van der Waals surface area contributed by atoms with Crippen LogP contribution in [0.5, 0.6) is 0 Å². The maximum absolute atomic E-state index is 12.8. The normalized spacial score (nSPS) is 23.8. The number of ketones is 1. The minimum absolute atomic E-state index is 0.194. The largest absolute Gasteiger partial charge is 0.457 e. The van der Waals surface area contributed by atoms with Crippen LogP contribution in [0, 0.1) is 5.41 Å². The molecule has 2 heterocycles. The van der Waals surface area contributed by atoms with E-state index < -0.39 is 17.4 Å². The minimum Gasteiger partial charge on any atom is -0.457 e. The number of thioether (sulfide) groups is 1. The average Bonchev–Trinajstić information content (AvgIpc) is 2.82. The number of halogens is 1. The highest BCUT2D eigenvalue weighted by Gasteiger charge is 2.56. The number of hydrogen-bond donors (Lipinski definition) is 1. The molecule has 2 amide bonds. The molecule has 0 aromatic heterocycles. The fourth-order valence-electron chi connectivity index (χ4n) is 3.86. The van der Waals surface area contributed by atoms with Crippen LogP contribution >= 0.6 is 27.7 Å². The molecular formula is C24H23BrN2O5S. The summed E-state index contributed by atoms with van der Waals surface area (Å²) in [6, 6.07) is 15.6. The van der Waals surface area contributed by atoms with E-state index in [4.69, 9.17) is 4.74 Å². The summed E-state index contributed by atoms with van der Waals surface area (Å²) >= 11 is 4.75. The van der Waals surface area contributed by atoms with Crippen LogP contribution in [-0.4, -0.2) is 58.8 Å². The second-order valence-corrected chi connectivity index (χ2v) is 10.5. The van der Waals surface area contributed by atoms with Crippen LogP contribution in [0.1, 0.15) is 22.8 Å². The molecule has 2 aliphatic rings. The molecule has 3 atom stereocenters. The maximum Gasteiger partial charge on any atom is 0.314 e. The summed E-state index contributed by atoms with van der Waals surface area (Å²) in [5, 5.41) is 2.61. The molecule has 9 heteroatoms. The van der Waals surface area contributed by atoms with E-state index in [-0.39, 0.29) is 42.5 Å². The predicted octanol–water partition coefficient (Wildman–Crippen LogP) is 2.82. The van der Waals surface area contributed by atoms with E-state index in [1.54, 1.807) is 36.1 Å². The zero-order valence-corrected chi connectivity index (χ0v) is 20.4. The molecule has 2 aromatic carbocycles.